The van der Waals surface area contributed by atoms with E-state index in [2.05, 4.69) is 6.92 Å². The van der Waals surface area contributed by atoms with Crippen LogP contribution in [-0.2, 0) is 6.42 Å². The number of hydrogen-bond acceptors (Lipinski definition) is 0. The predicted molar refractivity (Wildman–Crippen MR) is 104 cm³/mol. The SMILES string of the molecule is CCCCCc1ccc(-c2ccc3c(c2F)-c2c-3cc(C)c(F)c2F)cc1. The van der Waals surface area contributed by atoms with Crippen molar-refractivity contribution >= 4 is 0 Å². The maximum absolute atomic E-state index is 15.2. The number of aryl methyl sites for hydroxylation is 2. The van der Waals surface area contributed by atoms with Gasteiger partial charge in [-0.15, -0.1) is 0 Å². The normalized spacial score (nSPS) is 11.7. The first kappa shape index (κ1) is 17.8. The molecule has 27 heavy (non-hydrogen) atoms. The molecule has 138 valence electrons. The Morgan fingerprint density at radius 1 is 0.704 bits per heavy atom. The molecule has 0 fully saturated rings. The Morgan fingerprint density at radius 3 is 2.07 bits per heavy atom. The number of rotatable bonds is 5. The molecule has 0 spiro atoms. The molecule has 1 aliphatic carbocycles. The van der Waals surface area contributed by atoms with Gasteiger partial charge in [0, 0.05) is 16.7 Å². The summed E-state index contributed by atoms with van der Waals surface area (Å²) in [7, 11) is 0. The molecule has 0 aliphatic heterocycles. The van der Waals surface area contributed by atoms with E-state index in [1.54, 1.807) is 18.2 Å². The van der Waals surface area contributed by atoms with E-state index in [0.717, 1.165) is 18.4 Å². The van der Waals surface area contributed by atoms with Crippen LogP contribution in [-0.4, -0.2) is 0 Å². The highest BCUT2D eigenvalue weighted by molar-refractivity contribution is 6.04. The van der Waals surface area contributed by atoms with E-state index < -0.39 is 17.5 Å². The summed E-state index contributed by atoms with van der Waals surface area (Å²) in [6, 6.07) is 12.9. The monoisotopic (exact) mass is 366 g/mol. The number of fused-ring (bicyclic) bond motifs is 4. The predicted octanol–water partition coefficient (Wildman–Crippen LogP) is 7.46. The number of unbranched alkanes of at least 4 members (excludes halogenated alkanes) is 2. The van der Waals surface area contributed by atoms with E-state index >= 15 is 4.39 Å². The summed E-state index contributed by atoms with van der Waals surface area (Å²) in [5, 5.41) is 0. The molecule has 0 aromatic heterocycles. The van der Waals surface area contributed by atoms with Crippen molar-refractivity contribution in [1.82, 2.24) is 0 Å². The molecular weight excluding hydrogens is 345 g/mol. The van der Waals surface area contributed by atoms with Gasteiger partial charge >= 0.3 is 0 Å². The average molecular weight is 366 g/mol. The third-order valence-electron chi connectivity index (χ3n) is 5.40. The third-order valence-corrected chi connectivity index (χ3v) is 5.40. The van der Waals surface area contributed by atoms with Gasteiger partial charge in [0.05, 0.1) is 0 Å². The first-order chi connectivity index (χ1) is 13.0. The topological polar surface area (TPSA) is 0 Å². The summed E-state index contributed by atoms with van der Waals surface area (Å²) in [6.07, 6.45) is 4.53. The Bertz CT molecular complexity index is 1020. The largest absolute Gasteiger partial charge is 0.206 e. The Kier molecular flexibility index (Phi) is 4.55. The molecule has 0 heterocycles. The summed E-state index contributed by atoms with van der Waals surface area (Å²) in [4.78, 5) is 0. The van der Waals surface area contributed by atoms with Gasteiger partial charge < -0.3 is 0 Å². The van der Waals surface area contributed by atoms with Crippen LogP contribution < -0.4 is 0 Å². The Morgan fingerprint density at radius 2 is 1.37 bits per heavy atom. The highest BCUT2D eigenvalue weighted by Gasteiger charge is 2.33. The van der Waals surface area contributed by atoms with E-state index in [-0.39, 0.29) is 16.7 Å². The van der Waals surface area contributed by atoms with Crippen molar-refractivity contribution in [3.05, 3.63) is 71.0 Å². The van der Waals surface area contributed by atoms with Crippen molar-refractivity contribution in [2.75, 3.05) is 0 Å². The van der Waals surface area contributed by atoms with Crippen molar-refractivity contribution in [1.29, 1.82) is 0 Å². The number of halogens is 3. The lowest BCUT2D eigenvalue weighted by atomic mass is 9.77. The van der Waals surface area contributed by atoms with Crippen LogP contribution in [0.1, 0.15) is 37.3 Å². The van der Waals surface area contributed by atoms with Crippen LogP contribution in [0.4, 0.5) is 13.2 Å². The molecule has 3 aromatic carbocycles. The Hall–Kier alpha value is -2.55. The smallest absolute Gasteiger partial charge is 0.167 e. The van der Waals surface area contributed by atoms with Gasteiger partial charge in [-0.05, 0) is 53.6 Å². The van der Waals surface area contributed by atoms with Crippen LogP contribution in [0.3, 0.4) is 0 Å². The molecule has 0 amide bonds. The van der Waals surface area contributed by atoms with Crippen LogP contribution in [0.2, 0.25) is 0 Å². The van der Waals surface area contributed by atoms with Gasteiger partial charge in [0.25, 0.3) is 0 Å². The summed E-state index contributed by atoms with van der Waals surface area (Å²) in [5.74, 6) is -2.35. The summed E-state index contributed by atoms with van der Waals surface area (Å²) in [6.45, 7) is 3.69. The quantitative estimate of drug-likeness (QED) is 0.322. The fourth-order valence-electron chi connectivity index (χ4n) is 3.85. The van der Waals surface area contributed by atoms with Gasteiger partial charge in [-0.1, -0.05) is 56.2 Å². The zero-order valence-electron chi connectivity index (χ0n) is 15.5. The lowest BCUT2D eigenvalue weighted by Crippen LogP contribution is -2.08. The number of hydrogen-bond donors (Lipinski definition) is 0. The van der Waals surface area contributed by atoms with Crippen molar-refractivity contribution in [3.8, 4) is 33.4 Å². The van der Waals surface area contributed by atoms with Gasteiger partial charge in [-0.25, -0.2) is 13.2 Å². The van der Waals surface area contributed by atoms with Crippen LogP contribution in [0.25, 0.3) is 33.4 Å². The van der Waals surface area contributed by atoms with E-state index in [4.69, 9.17) is 0 Å². The molecule has 0 N–H and O–H groups in total. The van der Waals surface area contributed by atoms with Crippen LogP contribution in [0.5, 0.6) is 0 Å². The lowest BCUT2D eigenvalue weighted by Gasteiger charge is -2.27. The Balaban J connectivity index is 1.69. The summed E-state index contributed by atoms with van der Waals surface area (Å²) in [5.41, 5.74) is 4.10. The molecule has 3 heteroatoms. The van der Waals surface area contributed by atoms with Crippen molar-refractivity contribution in [2.45, 2.75) is 39.5 Å². The highest BCUT2D eigenvalue weighted by atomic mass is 19.2. The second kappa shape index (κ2) is 6.88. The van der Waals surface area contributed by atoms with Crippen LogP contribution in [0, 0.1) is 24.4 Å². The van der Waals surface area contributed by atoms with Gasteiger partial charge in [0.2, 0.25) is 0 Å². The summed E-state index contributed by atoms with van der Waals surface area (Å²) < 4.78 is 43.4. The first-order valence-electron chi connectivity index (χ1n) is 9.44. The third kappa shape index (κ3) is 2.86. The fraction of sp³-hybridized carbons (Fsp3) is 0.250. The van der Waals surface area contributed by atoms with Gasteiger partial charge in [-0.2, -0.15) is 0 Å². The fourth-order valence-corrected chi connectivity index (χ4v) is 3.85. The highest BCUT2D eigenvalue weighted by Crippen LogP contribution is 2.52. The van der Waals surface area contributed by atoms with Crippen molar-refractivity contribution in [3.63, 3.8) is 0 Å². The minimum absolute atomic E-state index is 0.0589. The minimum atomic E-state index is -0.958. The van der Waals surface area contributed by atoms with Crippen LogP contribution in [0.15, 0.2) is 42.5 Å². The van der Waals surface area contributed by atoms with E-state index in [1.807, 2.05) is 24.3 Å². The van der Waals surface area contributed by atoms with Gasteiger partial charge in [-0.3, -0.25) is 0 Å². The molecule has 4 rings (SSSR count). The molecule has 1 aliphatic rings. The maximum Gasteiger partial charge on any atom is 0.167 e. The van der Waals surface area contributed by atoms with Crippen LogP contribution >= 0.6 is 0 Å². The molecule has 0 nitrogen and oxygen atoms in total. The van der Waals surface area contributed by atoms with E-state index in [0.29, 0.717) is 16.7 Å². The summed E-state index contributed by atoms with van der Waals surface area (Å²) >= 11 is 0. The molecule has 0 atom stereocenters. The second-order valence-corrected chi connectivity index (χ2v) is 7.25. The van der Waals surface area contributed by atoms with Crippen molar-refractivity contribution < 1.29 is 13.2 Å². The molecule has 0 saturated carbocycles. The molecular formula is C24H21F3. The second-order valence-electron chi connectivity index (χ2n) is 7.25. The zero-order chi connectivity index (χ0) is 19.1. The van der Waals surface area contributed by atoms with Gasteiger partial charge in [0.1, 0.15) is 5.82 Å². The molecule has 0 bridgehead atoms. The molecule has 0 radical (unpaired) electrons. The zero-order valence-corrected chi connectivity index (χ0v) is 15.5. The van der Waals surface area contributed by atoms with E-state index in [1.165, 1.54) is 25.3 Å². The number of benzene rings is 3. The minimum Gasteiger partial charge on any atom is -0.206 e. The Labute approximate surface area is 157 Å². The first-order valence-corrected chi connectivity index (χ1v) is 9.44. The van der Waals surface area contributed by atoms with Crippen molar-refractivity contribution in [2.24, 2.45) is 0 Å². The lowest BCUT2D eigenvalue weighted by molar-refractivity contribution is 0.504. The molecule has 0 saturated heterocycles. The maximum atomic E-state index is 15.2. The molecule has 3 aromatic rings. The standard InChI is InChI=1S/C24H21F3/c1-3-4-5-6-15-7-9-16(10-8-15)17-11-12-18-19-13-14(2)22(25)24(27)21(19)20(18)23(17)26/h7-13H,3-6H2,1-2H3. The molecule has 0 unspecified atom stereocenters. The average Bonchev–Trinajstić information content (AvgIpc) is 2.66. The van der Waals surface area contributed by atoms with Gasteiger partial charge in [0.15, 0.2) is 11.6 Å². The van der Waals surface area contributed by atoms with E-state index in [9.17, 15) is 8.78 Å².